The van der Waals surface area contributed by atoms with Crippen LogP contribution in [-0.2, 0) is 16.1 Å². The number of carbonyl (C=O) groups excluding carboxylic acids is 4. The van der Waals surface area contributed by atoms with Crippen LogP contribution in [0, 0.1) is 0 Å². The molecule has 188 valence electrons. The quantitative estimate of drug-likeness (QED) is 0.668. The van der Waals surface area contributed by atoms with Gasteiger partial charge in [0.1, 0.15) is 11.3 Å². The van der Waals surface area contributed by atoms with E-state index in [-0.39, 0.29) is 17.7 Å². The highest BCUT2D eigenvalue weighted by Gasteiger charge is 2.42. The Morgan fingerprint density at radius 2 is 1.69 bits per heavy atom. The zero-order valence-electron chi connectivity index (χ0n) is 20.5. The van der Waals surface area contributed by atoms with Crippen molar-refractivity contribution in [2.75, 3.05) is 24.5 Å². The standard InChI is InChI=1S/C27H30N4O5/c1-27(2,26(28)35)31-16-18-5-8-19(15-21(18)24(31)33)30-14-11-22(25(30)34)36-20-9-6-17(7-10-20)23(32)29-12-3-4-13-29/h5-10,15,22H,3-4,11-14,16H2,1-2H3,(H2,28,35)/t22-/m1/s1. The van der Waals surface area contributed by atoms with Crippen LogP contribution in [0.2, 0.25) is 0 Å². The Labute approximate surface area is 209 Å². The van der Waals surface area contributed by atoms with Crippen molar-refractivity contribution in [2.24, 2.45) is 5.73 Å². The molecule has 2 saturated heterocycles. The maximum absolute atomic E-state index is 13.1. The first-order chi connectivity index (χ1) is 17.2. The van der Waals surface area contributed by atoms with Crippen molar-refractivity contribution in [1.82, 2.24) is 9.80 Å². The summed E-state index contributed by atoms with van der Waals surface area (Å²) in [6, 6.07) is 12.2. The van der Waals surface area contributed by atoms with E-state index in [0.717, 1.165) is 31.5 Å². The van der Waals surface area contributed by atoms with Gasteiger partial charge in [-0.1, -0.05) is 6.07 Å². The molecule has 36 heavy (non-hydrogen) atoms. The largest absolute Gasteiger partial charge is 0.481 e. The number of fused-ring (bicyclic) bond motifs is 1. The summed E-state index contributed by atoms with van der Waals surface area (Å²) in [6.45, 7) is 5.58. The number of amides is 4. The summed E-state index contributed by atoms with van der Waals surface area (Å²) in [6.07, 6.45) is 1.92. The number of nitrogens with zero attached hydrogens (tertiary/aromatic N) is 3. The molecule has 2 fully saturated rings. The van der Waals surface area contributed by atoms with Crippen LogP contribution in [0.15, 0.2) is 42.5 Å². The fourth-order valence-corrected chi connectivity index (χ4v) is 5.00. The molecule has 9 nitrogen and oxygen atoms in total. The number of primary amides is 1. The maximum Gasteiger partial charge on any atom is 0.268 e. The van der Waals surface area contributed by atoms with Crippen LogP contribution < -0.4 is 15.4 Å². The fraction of sp³-hybridized carbons (Fsp3) is 0.407. The Morgan fingerprint density at radius 1 is 1.00 bits per heavy atom. The zero-order valence-corrected chi connectivity index (χ0v) is 20.5. The van der Waals surface area contributed by atoms with Crippen LogP contribution in [0.5, 0.6) is 5.75 Å². The van der Waals surface area contributed by atoms with Crippen LogP contribution in [0.4, 0.5) is 5.69 Å². The summed E-state index contributed by atoms with van der Waals surface area (Å²) in [4.78, 5) is 55.5. The third-order valence-electron chi connectivity index (χ3n) is 7.42. The number of likely N-dealkylation sites (tertiary alicyclic amines) is 1. The van der Waals surface area contributed by atoms with Crippen molar-refractivity contribution >= 4 is 29.3 Å². The van der Waals surface area contributed by atoms with Crippen LogP contribution in [0.3, 0.4) is 0 Å². The summed E-state index contributed by atoms with van der Waals surface area (Å²) >= 11 is 0. The first-order valence-corrected chi connectivity index (χ1v) is 12.3. The number of anilines is 1. The Balaban J connectivity index is 1.26. The summed E-state index contributed by atoms with van der Waals surface area (Å²) in [5, 5.41) is 0. The third kappa shape index (κ3) is 4.08. The highest BCUT2D eigenvalue weighted by atomic mass is 16.5. The first kappa shape index (κ1) is 23.8. The maximum atomic E-state index is 13.1. The van der Waals surface area contributed by atoms with Crippen molar-refractivity contribution in [3.8, 4) is 5.75 Å². The summed E-state index contributed by atoms with van der Waals surface area (Å²) in [7, 11) is 0. The van der Waals surface area contributed by atoms with Gasteiger partial charge in [-0.15, -0.1) is 0 Å². The average Bonchev–Trinajstić information content (AvgIpc) is 3.60. The van der Waals surface area contributed by atoms with Crippen LogP contribution >= 0.6 is 0 Å². The number of hydrogen-bond acceptors (Lipinski definition) is 5. The van der Waals surface area contributed by atoms with Crippen molar-refractivity contribution in [3.05, 3.63) is 59.2 Å². The molecule has 3 heterocycles. The predicted octanol–water partition coefficient (Wildman–Crippen LogP) is 2.33. The highest BCUT2D eigenvalue weighted by molar-refractivity contribution is 6.04. The smallest absolute Gasteiger partial charge is 0.268 e. The van der Waals surface area contributed by atoms with Gasteiger partial charge in [-0.05, 0) is 68.7 Å². The van der Waals surface area contributed by atoms with Gasteiger partial charge in [0.2, 0.25) is 5.91 Å². The molecule has 0 bridgehead atoms. The summed E-state index contributed by atoms with van der Waals surface area (Å²) in [5.41, 5.74) is 6.88. The second-order valence-electron chi connectivity index (χ2n) is 10.1. The topological polar surface area (TPSA) is 113 Å². The molecule has 2 N–H and O–H groups in total. The minimum absolute atomic E-state index is 0.0195. The highest BCUT2D eigenvalue weighted by Crippen LogP contribution is 2.33. The van der Waals surface area contributed by atoms with Gasteiger partial charge in [0.15, 0.2) is 6.10 Å². The Bertz CT molecular complexity index is 1230. The Kier molecular flexibility index (Phi) is 5.94. The zero-order chi connectivity index (χ0) is 25.6. The SMILES string of the molecule is CC(C)(C(N)=O)N1Cc2ccc(N3CC[C@@H](Oc4ccc(C(=O)N5CCCC5)cc4)C3=O)cc2C1=O. The van der Waals surface area contributed by atoms with Crippen molar-refractivity contribution < 1.29 is 23.9 Å². The molecular weight excluding hydrogens is 460 g/mol. The molecule has 3 aliphatic rings. The molecule has 5 rings (SSSR count). The van der Waals surface area contributed by atoms with Gasteiger partial charge < -0.3 is 25.2 Å². The minimum Gasteiger partial charge on any atom is -0.481 e. The van der Waals surface area contributed by atoms with E-state index in [4.69, 9.17) is 10.5 Å². The molecule has 4 amide bonds. The lowest BCUT2D eigenvalue weighted by Crippen LogP contribution is -2.53. The number of rotatable bonds is 6. The predicted molar refractivity (Wildman–Crippen MR) is 133 cm³/mol. The third-order valence-corrected chi connectivity index (χ3v) is 7.42. The molecule has 0 radical (unpaired) electrons. The van der Waals surface area contributed by atoms with Gasteiger partial charge in [-0.3, -0.25) is 19.2 Å². The molecule has 0 saturated carbocycles. The average molecular weight is 491 g/mol. The van der Waals surface area contributed by atoms with Gasteiger partial charge in [-0.25, -0.2) is 0 Å². The van der Waals surface area contributed by atoms with E-state index in [1.807, 2.05) is 17.0 Å². The van der Waals surface area contributed by atoms with E-state index in [0.29, 0.717) is 42.1 Å². The van der Waals surface area contributed by atoms with Crippen LogP contribution in [0.25, 0.3) is 0 Å². The number of nitrogens with two attached hydrogens (primary N) is 1. The molecule has 2 aromatic rings. The number of ether oxygens (including phenoxy) is 1. The van der Waals surface area contributed by atoms with Crippen molar-refractivity contribution in [3.63, 3.8) is 0 Å². The van der Waals surface area contributed by atoms with E-state index in [9.17, 15) is 19.2 Å². The van der Waals surface area contributed by atoms with Gasteiger partial charge in [0, 0.05) is 49.4 Å². The number of benzene rings is 2. The Hall–Kier alpha value is -3.88. The molecule has 0 aliphatic carbocycles. The summed E-state index contributed by atoms with van der Waals surface area (Å²) in [5.74, 6) is -0.495. The van der Waals surface area contributed by atoms with E-state index in [1.165, 1.54) is 4.90 Å². The second kappa shape index (κ2) is 8.96. The van der Waals surface area contributed by atoms with E-state index in [1.54, 1.807) is 49.1 Å². The second-order valence-corrected chi connectivity index (χ2v) is 10.1. The molecule has 0 spiro atoms. The molecule has 0 unspecified atom stereocenters. The van der Waals surface area contributed by atoms with E-state index in [2.05, 4.69) is 0 Å². The van der Waals surface area contributed by atoms with Gasteiger partial charge in [0.05, 0.1) is 0 Å². The fourth-order valence-electron chi connectivity index (χ4n) is 5.00. The van der Waals surface area contributed by atoms with E-state index < -0.39 is 17.6 Å². The normalized spacial score (nSPS) is 19.7. The molecule has 0 aromatic heterocycles. The van der Waals surface area contributed by atoms with Crippen molar-refractivity contribution in [2.45, 2.75) is 51.3 Å². The van der Waals surface area contributed by atoms with Gasteiger partial charge >= 0.3 is 0 Å². The van der Waals surface area contributed by atoms with Crippen LogP contribution in [-0.4, -0.2) is 64.7 Å². The molecular formula is C27H30N4O5. The van der Waals surface area contributed by atoms with Gasteiger partial charge in [0.25, 0.3) is 17.7 Å². The molecule has 9 heteroatoms. The lowest BCUT2D eigenvalue weighted by atomic mass is 10.0. The van der Waals surface area contributed by atoms with Gasteiger partial charge in [-0.2, -0.15) is 0 Å². The number of hydrogen-bond donors (Lipinski definition) is 1. The van der Waals surface area contributed by atoms with Crippen molar-refractivity contribution in [1.29, 1.82) is 0 Å². The first-order valence-electron chi connectivity index (χ1n) is 12.3. The Morgan fingerprint density at radius 3 is 2.36 bits per heavy atom. The monoisotopic (exact) mass is 490 g/mol. The molecule has 3 aliphatic heterocycles. The number of carbonyl (C=O) groups is 4. The summed E-state index contributed by atoms with van der Waals surface area (Å²) < 4.78 is 5.96. The lowest BCUT2D eigenvalue weighted by molar-refractivity contribution is -0.127. The lowest BCUT2D eigenvalue weighted by Gasteiger charge is -2.32. The van der Waals surface area contributed by atoms with E-state index >= 15 is 0 Å². The molecule has 2 aromatic carbocycles. The minimum atomic E-state index is -1.12. The molecule has 1 atom stereocenters. The van der Waals surface area contributed by atoms with Crippen LogP contribution in [0.1, 0.15) is 59.4 Å².